The van der Waals surface area contributed by atoms with Crippen molar-refractivity contribution in [2.24, 2.45) is 0 Å². The van der Waals surface area contributed by atoms with Gasteiger partial charge in [0.25, 0.3) is 5.56 Å². The first-order valence-electron chi connectivity index (χ1n) is 8.72. The van der Waals surface area contributed by atoms with Gasteiger partial charge in [-0.1, -0.05) is 18.2 Å². The quantitative estimate of drug-likeness (QED) is 0.773. The van der Waals surface area contributed by atoms with Crippen LogP contribution in [0.2, 0.25) is 0 Å². The smallest absolute Gasteiger partial charge is 0.330 e. The van der Waals surface area contributed by atoms with Crippen molar-refractivity contribution in [1.29, 1.82) is 0 Å². The van der Waals surface area contributed by atoms with Gasteiger partial charge in [0.15, 0.2) is 0 Å². The molecule has 1 aliphatic rings. The molecule has 0 bridgehead atoms. The second-order valence-electron chi connectivity index (χ2n) is 6.46. The monoisotopic (exact) mass is 344 g/mol. The molecule has 6 heteroatoms. The van der Waals surface area contributed by atoms with Crippen molar-refractivity contribution in [1.82, 2.24) is 9.55 Å². The first kappa shape index (κ1) is 17.6. The van der Waals surface area contributed by atoms with Crippen molar-refractivity contribution in [3.63, 3.8) is 0 Å². The van der Waals surface area contributed by atoms with Gasteiger partial charge in [-0.2, -0.15) is 0 Å². The molecular formula is C19H24N2O4. The molecule has 0 atom stereocenters. The summed E-state index contributed by atoms with van der Waals surface area (Å²) in [5.41, 5.74) is 4.25. The number of H-pyrrole nitrogens is 1. The topological polar surface area (TPSA) is 84.3 Å². The maximum absolute atomic E-state index is 12.3. The molecule has 1 aromatic heterocycles. The van der Waals surface area contributed by atoms with Gasteiger partial charge in [0, 0.05) is 17.7 Å². The van der Waals surface area contributed by atoms with Gasteiger partial charge in [-0.3, -0.25) is 14.3 Å². The van der Waals surface area contributed by atoms with Gasteiger partial charge in [0.2, 0.25) is 0 Å². The molecule has 0 saturated heterocycles. The Morgan fingerprint density at radius 3 is 2.84 bits per heavy atom. The number of nitrogens with one attached hydrogen (secondary N) is 1. The predicted octanol–water partition coefficient (Wildman–Crippen LogP) is 1.28. The minimum atomic E-state index is -0.478. The van der Waals surface area contributed by atoms with Gasteiger partial charge in [0.05, 0.1) is 13.2 Å². The van der Waals surface area contributed by atoms with Crippen molar-refractivity contribution in [2.45, 2.75) is 45.8 Å². The maximum Gasteiger partial charge on any atom is 0.330 e. The second-order valence-corrected chi connectivity index (χ2v) is 6.46. The van der Waals surface area contributed by atoms with E-state index in [0.29, 0.717) is 17.7 Å². The van der Waals surface area contributed by atoms with Crippen LogP contribution in [0.3, 0.4) is 0 Å². The van der Waals surface area contributed by atoms with E-state index in [-0.39, 0.29) is 25.5 Å². The number of aromatic nitrogens is 2. The Bertz CT molecular complexity index is 867. The van der Waals surface area contributed by atoms with Crippen LogP contribution in [-0.4, -0.2) is 27.9 Å². The highest BCUT2D eigenvalue weighted by Crippen LogP contribution is 2.26. The number of hydrogen-bond donors (Lipinski definition) is 2. The van der Waals surface area contributed by atoms with Gasteiger partial charge >= 0.3 is 5.69 Å². The lowest BCUT2D eigenvalue weighted by Crippen LogP contribution is -2.35. The highest BCUT2D eigenvalue weighted by Gasteiger charge is 2.17. The largest absolute Gasteiger partial charge is 0.394 e. The number of aliphatic hydroxyl groups is 1. The fraction of sp³-hybridized carbons (Fsp3) is 0.474. The minimum absolute atomic E-state index is 0.0152. The predicted molar refractivity (Wildman–Crippen MR) is 95.0 cm³/mol. The zero-order valence-corrected chi connectivity index (χ0v) is 14.5. The molecule has 0 spiro atoms. The van der Waals surface area contributed by atoms with E-state index in [1.54, 1.807) is 6.92 Å². The molecular weight excluding hydrogens is 320 g/mol. The van der Waals surface area contributed by atoms with Crippen molar-refractivity contribution in [2.75, 3.05) is 13.2 Å². The van der Waals surface area contributed by atoms with Crippen LogP contribution in [0.4, 0.5) is 0 Å². The van der Waals surface area contributed by atoms with Crippen molar-refractivity contribution in [3.05, 3.63) is 67.0 Å². The number of aryl methyl sites for hydroxylation is 1. The van der Waals surface area contributed by atoms with Crippen LogP contribution < -0.4 is 11.2 Å². The lowest BCUT2D eigenvalue weighted by atomic mass is 9.86. The molecule has 2 aromatic rings. The lowest BCUT2D eigenvalue weighted by molar-refractivity contribution is 0.0442. The summed E-state index contributed by atoms with van der Waals surface area (Å²) in [6.45, 7) is 1.77. The first-order valence-corrected chi connectivity index (χ1v) is 8.72. The summed E-state index contributed by atoms with van der Waals surface area (Å²) < 4.78 is 6.78. The summed E-state index contributed by atoms with van der Waals surface area (Å²) in [7, 11) is 0. The van der Waals surface area contributed by atoms with Crippen LogP contribution in [0, 0.1) is 6.92 Å². The van der Waals surface area contributed by atoms with E-state index < -0.39 is 5.69 Å². The number of aliphatic hydroxyl groups excluding tert-OH is 1. The number of aromatic amines is 1. The van der Waals surface area contributed by atoms with Gasteiger partial charge < -0.3 is 9.84 Å². The Balaban J connectivity index is 2.02. The highest BCUT2D eigenvalue weighted by molar-refractivity contribution is 5.40. The van der Waals surface area contributed by atoms with Crippen molar-refractivity contribution in [3.8, 4) is 0 Å². The van der Waals surface area contributed by atoms with Crippen LogP contribution in [0.15, 0.2) is 27.8 Å². The van der Waals surface area contributed by atoms with Crippen LogP contribution in [0.25, 0.3) is 0 Å². The van der Waals surface area contributed by atoms with E-state index in [0.717, 1.165) is 12.8 Å². The number of rotatable bonds is 6. The molecule has 6 nitrogen and oxygen atoms in total. The van der Waals surface area contributed by atoms with Crippen molar-refractivity contribution < 1.29 is 9.84 Å². The molecule has 134 valence electrons. The number of ether oxygens (including phenoxy) is 1. The van der Waals surface area contributed by atoms with Crippen LogP contribution in [-0.2, 0) is 30.7 Å². The number of nitrogens with zero attached hydrogens (tertiary/aromatic N) is 1. The average molecular weight is 344 g/mol. The van der Waals surface area contributed by atoms with Crippen LogP contribution >= 0.6 is 0 Å². The summed E-state index contributed by atoms with van der Waals surface area (Å²) in [6, 6.07) is 6.29. The number of fused-ring (bicyclic) bond motifs is 1. The Morgan fingerprint density at radius 2 is 2.04 bits per heavy atom. The summed E-state index contributed by atoms with van der Waals surface area (Å²) >= 11 is 0. The molecule has 0 aliphatic heterocycles. The van der Waals surface area contributed by atoms with E-state index in [2.05, 4.69) is 17.1 Å². The summed E-state index contributed by atoms with van der Waals surface area (Å²) in [5, 5.41) is 8.88. The lowest BCUT2D eigenvalue weighted by Gasteiger charge is -2.21. The van der Waals surface area contributed by atoms with Gasteiger partial charge in [-0.15, -0.1) is 0 Å². The van der Waals surface area contributed by atoms with E-state index in [1.807, 2.05) is 6.07 Å². The standard InChI is InChI=1S/C19H24N2O4/c1-13-17(21(12-25-10-9-22)19(24)20-18(13)23)11-15-7-4-6-14-5-2-3-8-16(14)15/h4,6-7,22H,2-3,5,8-12H2,1H3,(H,20,23,24). The van der Waals surface area contributed by atoms with E-state index in [9.17, 15) is 9.59 Å². The first-order chi connectivity index (χ1) is 12.1. The molecule has 0 amide bonds. The molecule has 3 rings (SSSR count). The Labute approximate surface area is 146 Å². The minimum Gasteiger partial charge on any atom is -0.394 e. The summed E-state index contributed by atoms with van der Waals surface area (Å²) in [5.74, 6) is 0. The van der Waals surface area contributed by atoms with Gasteiger partial charge in [-0.05, 0) is 49.3 Å². The summed E-state index contributed by atoms with van der Waals surface area (Å²) in [6.07, 6.45) is 5.03. The fourth-order valence-electron chi connectivity index (χ4n) is 3.51. The molecule has 1 aromatic carbocycles. The molecule has 0 unspecified atom stereocenters. The zero-order valence-electron chi connectivity index (χ0n) is 14.5. The molecule has 0 saturated carbocycles. The molecule has 0 fully saturated rings. The van der Waals surface area contributed by atoms with E-state index >= 15 is 0 Å². The summed E-state index contributed by atoms with van der Waals surface area (Å²) in [4.78, 5) is 26.7. The van der Waals surface area contributed by atoms with Crippen LogP contribution in [0.1, 0.15) is 40.8 Å². The third kappa shape index (κ3) is 3.75. The SMILES string of the molecule is Cc1c(Cc2cccc3c2CCCC3)n(COCCO)c(=O)[nH]c1=O. The molecule has 2 N–H and O–H groups in total. The molecule has 1 aliphatic carbocycles. The van der Waals surface area contributed by atoms with Gasteiger partial charge in [0.1, 0.15) is 6.73 Å². The number of hydrogen-bond acceptors (Lipinski definition) is 4. The van der Waals surface area contributed by atoms with Crippen LogP contribution in [0.5, 0.6) is 0 Å². The second kappa shape index (κ2) is 7.80. The average Bonchev–Trinajstić information content (AvgIpc) is 2.62. The molecule has 0 radical (unpaired) electrons. The molecule has 25 heavy (non-hydrogen) atoms. The Hall–Kier alpha value is -2.18. The van der Waals surface area contributed by atoms with E-state index in [4.69, 9.17) is 9.84 Å². The third-order valence-corrected chi connectivity index (χ3v) is 4.87. The van der Waals surface area contributed by atoms with E-state index in [1.165, 1.54) is 34.1 Å². The maximum atomic E-state index is 12.3. The zero-order chi connectivity index (χ0) is 17.8. The Kier molecular flexibility index (Phi) is 5.50. The van der Waals surface area contributed by atoms with Crippen molar-refractivity contribution >= 4 is 0 Å². The fourth-order valence-corrected chi connectivity index (χ4v) is 3.51. The third-order valence-electron chi connectivity index (χ3n) is 4.87. The number of benzene rings is 1. The Morgan fingerprint density at radius 1 is 1.24 bits per heavy atom. The van der Waals surface area contributed by atoms with Gasteiger partial charge in [-0.25, -0.2) is 4.79 Å². The highest BCUT2D eigenvalue weighted by atomic mass is 16.5. The molecule has 1 heterocycles. The normalized spacial score (nSPS) is 13.7.